The van der Waals surface area contributed by atoms with Crippen molar-refractivity contribution >= 4 is 11.8 Å². The topological polar surface area (TPSA) is 30.7 Å². The molecule has 0 radical (unpaired) electrons. The van der Waals surface area contributed by atoms with E-state index in [-0.39, 0.29) is 0 Å². The second-order valence-electron chi connectivity index (χ2n) is 4.01. The summed E-state index contributed by atoms with van der Waals surface area (Å²) < 4.78 is 2.09. The van der Waals surface area contributed by atoms with Crippen molar-refractivity contribution in [1.29, 1.82) is 0 Å². The van der Waals surface area contributed by atoms with Crippen LogP contribution in [0.25, 0.3) is 0 Å². The number of aromatic nitrogens is 3. The van der Waals surface area contributed by atoms with Crippen LogP contribution in [-0.4, -0.2) is 20.5 Å². The van der Waals surface area contributed by atoms with E-state index in [9.17, 15) is 0 Å². The molecule has 0 saturated heterocycles. The monoisotopic (exact) mass is 259 g/mol. The zero-order chi connectivity index (χ0) is 12.8. The maximum atomic E-state index is 4.19. The Morgan fingerprint density at radius 2 is 2.06 bits per heavy atom. The Kier molecular flexibility index (Phi) is 4.59. The van der Waals surface area contributed by atoms with Crippen LogP contribution in [0.5, 0.6) is 0 Å². The second kappa shape index (κ2) is 6.40. The molecule has 0 bridgehead atoms. The van der Waals surface area contributed by atoms with E-state index >= 15 is 0 Å². The van der Waals surface area contributed by atoms with Crippen LogP contribution in [0.4, 0.5) is 0 Å². The fourth-order valence-electron chi connectivity index (χ4n) is 1.71. The first-order valence-electron chi connectivity index (χ1n) is 5.98. The SMILES string of the molecule is C=CCn1c(C)nnc1SCCc1ccccc1. The molecule has 0 fully saturated rings. The molecule has 0 aliphatic heterocycles. The Balaban J connectivity index is 1.92. The van der Waals surface area contributed by atoms with Crippen molar-refractivity contribution in [2.75, 3.05) is 5.75 Å². The van der Waals surface area contributed by atoms with E-state index in [0.717, 1.165) is 29.7 Å². The van der Waals surface area contributed by atoms with Crippen LogP contribution in [0, 0.1) is 6.92 Å². The quantitative estimate of drug-likeness (QED) is 0.590. The fraction of sp³-hybridized carbons (Fsp3) is 0.286. The van der Waals surface area contributed by atoms with Crippen LogP contribution in [0.1, 0.15) is 11.4 Å². The minimum Gasteiger partial charge on any atom is -0.302 e. The maximum Gasteiger partial charge on any atom is 0.191 e. The summed E-state index contributed by atoms with van der Waals surface area (Å²) in [7, 11) is 0. The van der Waals surface area contributed by atoms with E-state index in [1.54, 1.807) is 11.8 Å². The van der Waals surface area contributed by atoms with E-state index < -0.39 is 0 Å². The van der Waals surface area contributed by atoms with Gasteiger partial charge in [-0.3, -0.25) is 0 Å². The van der Waals surface area contributed by atoms with Crippen LogP contribution in [-0.2, 0) is 13.0 Å². The van der Waals surface area contributed by atoms with E-state index in [2.05, 4.69) is 45.6 Å². The molecular formula is C14H17N3S. The molecule has 3 nitrogen and oxygen atoms in total. The van der Waals surface area contributed by atoms with Crippen molar-refractivity contribution in [1.82, 2.24) is 14.8 Å². The zero-order valence-corrected chi connectivity index (χ0v) is 11.4. The molecule has 1 aromatic carbocycles. The first-order chi connectivity index (χ1) is 8.81. The first kappa shape index (κ1) is 12.9. The predicted molar refractivity (Wildman–Crippen MR) is 75.8 cm³/mol. The van der Waals surface area contributed by atoms with Crippen molar-refractivity contribution in [3.63, 3.8) is 0 Å². The van der Waals surface area contributed by atoms with E-state index in [1.807, 2.05) is 19.1 Å². The fourth-order valence-corrected chi connectivity index (χ4v) is 2.69. The van der Waals surface area contributed by atoms with Gasteiger partial charge >= 0.3 is 0 Å². The van der Waals surface area contributed by atoms with Crippen LogP contribution >= 0.6 is 11.8 Å². The highest BCUT2D eigenvalue weighted by Crippen LogP contribution is 2.18. The lowest BCUT2D eigenvalue weighted by atomic mass is 10.2. The Labute approximate surface area is 112 Å². The predicted octanol–water partition coefficient (Wildman–Crippen LogP) is 3.11. The maximum absolute atomic E-state index is 4.19. The van der Waals surface area contributed by atoms with Gasteiger partial charge in [0.05, 0.1) is 0 Å². The van der Waals surface area contributed by atoms with Gasteiger partial charge in [0, 0.05) is 12.3 Å². The molecular weight excluding hydrogens is 242 g/mol. The van der Waals surface area contributed by atoms with Crippen LogP contribution < -0.4 is 0 Å². The molecule has 1 aromatic heterocycles. The van der Waals surface area contributed by atoms with Crippen LogP contribution in [0.15, 0.2) is 48.1 Å². The van der Waals surface area contributed by atoms with Gasteiger partial charge in [-0.15, -0.1) is 16.8 Å². The number of nitrogens with zero attached hydrogens (tertiary/aromatic N) is 3. The Morgan fingerprint density at radius 3 is 2.78 bits per heavy atom. The molecule has 0 saturated carbocycles. The Morgan fingerprint density at radius 1 is 1.28 bits per heavy atom. The van der Waals surface area contributed by atoms with Gasteiger partial charge in [-0.25, -0.2) is 0 Å². The van der Waals surface area contributed by atoms with Crippen molar-refractivity contribution in [3.05, 3.63) is 54.4 Å². The molecule has 0 aliphatic rings. The summed E-state index contributed by atoms with van der Waals surface area (Å²) in [6.07, 6.45) is 2.92. The molecule has 0 amide bonds. The number of hydrogen-bond acceptors (Lipinski definition) is 3. The van der Waals surface area contributed by atoms with Crippen molar-refractivity contribution < 1.29 is 0 Å². The number of thioether (sulfide) groups is 1. The van der Waals surface area contributed by atoms with Gasteiger partial charge in [-0.05, 0) is 18.9 Å². The second-order valence-corrected chi connectivity index (χ2v) is 5.08. The molecule has 4 heteroatoms. The molecule has 0 spiro atoms. The lowest BCUT2D eigenvalue weighted by Gasteiger charge is -2.05. The van der Waals surface area contributed by atoms with E-state index in [4.69, 9.17) is 0 Å². The van der Waals surface area contributed by atoms with Gasteiger partial charge in [-0.2, -0.15) is 0 Å². The Bertz CT molecular complexity index is 505. The number of aryl methyl sites for hydroxylation is 2. The molecule has 94 valence electrons. The normalized spacial score (nSPS) is 10.5. The summed E-state index contributed by atoms with van der Waals surface area (Å²) in [5, 5.41) is 9.27. The number of rotatable bonds is 6. The third-order valence-corrected chi connectivity index (χ3v) is 3.65. The van der Waals surface area contributed by atoms with Gasteiger partial charge in [0.2, 0.25) is 0 Å². The standard InChI is InChI=1S/C14H17N3S/c1-3-10-17-12(2)15-16-14(17)18-11-9-13-7-5-4-6-8-13/h3-8H,1,9-11H2,2H3. The zero-order valence-electron chi connectivity index (χ0n) is 10.5. The minimum atomic E-state index is 0.770. The number of benzene rings is 1. The highest BCUT2D eigenvalue weighted by Gasteiger charge is 2.07. The third kappa shape index (κ3) is 3.23. The molecule has 2 rings (SSSR count). The van der Waals surface area contributed by atoms with Gasteiger partial charge in [0.1, 0.15) is 5.82 Å². The van der Waals surface area contributed by atoms with Crippen LogP contribution in [0.3, 0.4) is 0 Å². The third-order valence-electron chi connectivity index (χ3n) is 2.68. The van der Waals surface area contributed by atoms with Crippen molar-refractivity contribution in [2.45, 2.75) is 25.0 Å². The largest absolute Gasteiger partial charge is 0.302 e. The van der Waals surface area contributed by atoms with Gasteiger partial charge < -0.3 is 4.57 Å². The lowest BCUT2D eigenvalue weighted by molar-refractivity contribution is 0.703. The van der Waals surface area contributed by atoms with Gasteiger partial charge in [0.15, 0.2) is 5.16 Å². The number of allylic oxidation sites excluding steroid dienone is 1. The summed E-state index contributed by atoms with van der Waals surface area (Å²) >= 11 is 1.74. The highest BCUT2D eigenvalue weighted by molar-refractivity contribution is 7.99. The summed E-state index contributed by atoms with van der Waals surface area (Å²) in [6.45, 7) is 6.50. The molecule has 2 aromatic rings. The van der Waals surface area contributed by atoms with Crippen molar-refractivity contribution in [3.8, 4) is 0 Å². The molecule has 0 N–H and O–H groups in total. The smallest absolute Gasteiger partial charge is 0.191 e. The average Bonchev–Trinajstić information content (AvgIpc) is 2.73. The summed E-state index contributed by atoms with van der Waals surface area (Å²) in [6, 6.07) is 10.5. The van der Waals surface area contributed by atoms with E-state index in [1.165, 1.54) is 5.56 Å². The summed E-state index contributed by atoms with van der Waals surface area (Å²) in [4.78, 5) is 0. The molecule has 0 unspecified atom stereocenters. The molecule has 0 atom stereocenters. The lowest BCUT2D eigenvalue weighted by Crippen LogP contribution is -2.00. The molecule has 0 aliphatic carbocycles. The molecule has 1 heterocycles. The summed E-state index contributed by atoms with van der Waals surface area (Å²) in [5.74, 6) is 1.95. The van der Waals surface area contributed by atoms with E-state index in [0.29, 0.717) is 0 Å². The summed E-state index contributed by atoms with van der Waals surface area (Å²) in [5.41, 5.74) is 1.36. The first-order valence-corrected chi connectivity index (χ1v) is 6.97. The molecule has 18 heavy (non-hydrogen) atoms. The van der Waals surface area contributed by atoms with Crippen molar-refractivity contribution in [2.24, 2.45) is 0 Å². The number of hydrogen-bond donors (Lipinski definition) is 0. The minimum absolute atomic E-state index is 0.770. The highest BCUT2D eigenvalue weighted by atomic mass is 32.2. The Hall–Kier alpha value is -1.55. The van der Waals surface area contributed by atoms with Gasteiger partial charge in [0.25, 0.3) is 0 Å². The average molecular weight is 259 g/mol. The van der Waals surface area contributed by atoms with Gasteiger partial charge in [-0.1, -0.05) is 48.2 Å². The van der Waals surface area contributed by atoms with Crippen LogP contribution in [0.2, 0.25) is 0 Å².